The number of carbonyl (C=O) groups excluding carboxylic acids is 1. The molecule has 0 bridgehead atoms. The molecule has 5 heteroatoms. The number of nitrogens with one attached hydrogen (secondary N) is 1. The van der Waals surface area contributed by atoms with Crippen molar-refractivity contribution in [3.63, 3.8) is 0 Å². The molecule has 1 N–H and O–H groups in total. The summed E-state index contributed by atoms with van der Waals surface area (Å²) >= 11 is 1.63. The largest absolute Gasteiger partial charge is 0.339 e. The fraction of sp³-hybridized carbons (Fsp3) is 0.733. The number of aromatic nitrogens is 1. The lowest BCUT2D eigenvalue weighted by Gasteiger charge is -2.24. The molecular formula is C15H23N3OS. The van der Waals surface area contributed by atoms with Crippen LogP contribution in [0.1, 0.15) is 42.7 Å². The molecule has 1 aliphatic carbocycles. The highest BCUT2D eigenvalue weighted by molar-refractivity contribution is 7.09. The zero-order valence-corrected chi connectivity index (χ0v) is 13.1. The Morgan fingerprint density at radius 3 is 3.00 bits per heavy atom. The number of fused-ring (bicyclic) bond motifs is 1. The van der Waals surface area contributed by atoms with Crippen molar-refractivity contribution in [2.45, 2.75) is 57.7 Å². The van der Waals surface area contributed by atoms with Crippen molar-refractivity contribution in [2.24, 2.45) is 5.92 Å². The van der Waals surface area contributed by atoms with Crippen LogP contribution in [-0.4, -0.2) is 34.9 Å². The van der Waals surface area contributed by atoms with Crippen molar-refractivity contribution >= 4 is 17.2 Å². The van der Waals surface area contributed by atoms with Gasteiger partial charge >= 0.3 is 0 Å². The highest BCUT2D eigenvalue weighted by atomic mass is 32.1. The van der Waals surface area contributed by atoms with Gasteiger partial charge in [-0.3, -0.25) is 4.79 Å². The Labute approximate surface area is 124 Å². The number of hydrogen-bond donors (Lipinski definition) is 1. The van der Waals surface area contributed by atoms with Crippen molar-refractivity contribution in [2.75, 3.05) is 7.05 Å². The maximum absolute atomic E-state index is 12.6. The summed E-state index contributed by atoms with van der Waals surface area (Å²) in [4.78, 5) is 19.9. The Morgan fingerprint density at radius 1 is 1.50 bits per heavy atom. The van der Waals surface area contributed by atoms with E-state index in [1.54, 1.807) is 11.3 Å². The molecule has 1 aromatic rings. The maximum Gasteiger partial charge on any atom is 0.239 e. The number of likely N-dealkylation sites (N-methyl/N-ethyl adjacent to an activating group) is 1. The average molecular weight is 293 g/mol. The molecule has 1 amide bonds. The van der Waals surface area contributed by atoms with E-state index in [2.05, 4.69) is 10.3 Å². The van der Waals surface area contributed by atoms with Crippen molar-refractivity contribution in [1.29, 1.82) is 0 Å². The van der Waals surface area contributed by atoms with E-state index in [0.717, 1.165) is 18.0 Å². The highest BCUT2D eigenvalue weighted by Gasteiger charge is 2.39. The second-order valence-corrected chi connectivity index (χ2v) is 7.10. The lowest BCUT2D eigenvalue weighted by Crippen LogP contribution is -2.43. The second-order valence-electron chi connectivity index (χ2n) is 6.16. The van der Waals surface area contributed by atoms with Gasteiger partial charge in [0.15, 0.2) is 0 Å². The van der Waals surface area contributed by atoms with Crippen LogP contribution in [0.3, 0.4) is 0 Å². The SMILES string of the molecule is Cc1ncsc1CN(C)C(=O)C1CC2CCCCC2N1. The van der Waals surface area contributed by atoms with Crippen LogP contribution in [0.5, 0.6) is 0 Å². The summed E-state index contributed by atoms with van der Waals surface area (Å²) in [7, 11) is 1.91. The molecule has 0 aromatic carbocycles. The monoisotopic (exact) mass is 293 g/mol. The third kappa shape index (κ3) is 2.74. The van der Waals surface area contributed by atoms with Gasteiger partial charge in [-0.25, -0.2) is 4.98 Å². The topological polar surface area (TPSA) is 45.2 Å². The van der Waals surface area contributed by atoms with E-state index >= 15 is 0 Å². The molecule has 0 radical (unpaired) electrons. The molecule has 4 nitrogen and oxygen atoms in total. The van der Waals surface area contributed by atoms with E-state index in [1.165, 1.54) is 30.6 Å². The van der Waals surface area contributed by atoms with Crippen LogP contribution in [0.4, 0.5) is 0 Å². The van der Waals surface area contributed by atoms with Crippen LogP contribution >= 0.6 is 11.3 Å². The van der Waals surface area contributed by atoms with Crippen molar-refractivity contribution < 1.29 is 4.79 Å². The number of rotatable bonds is 3. The van der Waals surface area contributed by atoms with Crippen LogP contribution in [0.2, 0.25) is 0 Å². The first-order valence-corrected chi connectivity index (χ1v) is 8.43. The van der Waals surface area contributed by atoms with Gasteiger partial charge in [-0.2, -0.15) is 0 Å². The molecule has 1 aliphatic heterocycles. The maximum atomic E-state index is 12.6. The number of aryl methyl sites for hydroxylation is 1. The Kier molecular flexibility index (Phi) is 4.08. The lowest BCUT2D eigenvalue weighted by atomic mass is 9.85. The molecule has 1 aromatic heterocycles. The molecule has 2 fully saturated rings. The first kappa shape index (κ1) is 14.0. The molecular weight excluding hydrogens is 270 g/mol. The fourth-order valence-electron chi connectivity index (χ4n) is 3.55. The van der Waals surface area contributed by atoms with Gasteiger partial charge in [0.1, 0.15) is 0 Å². The van der Waals surface area contributed by atoms with Crippen molar-refractivity contribution in [3.05, 3.63) is 16.1 Å². The van der Waals surface area contributed by atoms with E-state index in [-0.39, 0.29) is 11.9 Å². The quantitative estimate of drug-likeness (QED) is 0.930. The predicted molar refractivity (Wildman–Crippen MR) is 80.6 cm³/mol. The van der Waals surface area contributed by atoms with Crippen molar-refractivity contribution in [1.82, 2.24) is 15.2 Å². The van der Waals surface area contributed by atoms with E-state index in [9.17, 15) is 4.79 Å². The Morgan fingerprint density at radius 2 is 2.30 bits per heavy atom. The minimum atomic E-state index is 0.0290. The van der Waals surface area contributed by atoms with Crippen LogP contribution in [0.15, 0.2) is 5.51 Å². The lowest BCUT2D eigenvalue weighted by molar-refractivity contribution is -0.132. The van der Waals surface area contributed by atoms with Gasteiger partial charge in [0, 0.05) is 18.0 Å². The fourth-order valence-corrected chi connectivity index (χ4v) is 4.38. The standard InChI is InChI=1S/C15H23N3OS/c1-10-14(20-9-16-10)8-18(2)15(19)13-7-11-5-3-4-6-12(11)17-13/h9,11-13,17H,3-8H2,1-2H3. The number of carbonyl (C=O) groups is 1. The molecule has 2 aliphatic rings. The third-order valence-corrected chi connectivity index (χ3v) is 5.68. The van der Waals surface area contributed by atoms with Crippen LogP contribution < -0.4 is 5.32 Å². The van der Waals surface area contributed by atoms with E-state index in [0.29, 0.717) is 12.6 Å². The Hall–Kier alpha value is -0.940. The third-order valence-electron chi connectivity index (χ3n) is 4.76. The van der Waals surface area contributed by atoms with Gasteiger partial charge < -0.3 is 10.2 Å². The average Bonchev–Trinajstić information content (AvgIpc) is 3.04. The van der Waals surface area contributed by atoms with Crippen LogP contribution in [0.25, 0.3) is 0 Å². The number of hydrogen-bond acceptors (Lipinski definition) is 4. The minimum absolute atomic E-state index is 0.0290. The second kappa shape index (κ2) is 5.82. The van der Waals surface area contributed by atoms with Crippen LogP contribution in [0, 0.1) is 12.8 Å². The summed E-state index contributed by atoms with van der Waals surface area (Å²) in [5, 5.41) is 3.56. The van der Waals surface area contributed by atoms with Gasteiger partial charge in [-0.15, -0.1) is 11.3 Å². The smallest absolute Gasteiger partial charge is 0.239 e. The van der Waals surface area contributed by atoms with E-state index in [1.807, 2.05) is 24.4 Å². The van der Waals surface area contributed by atoms with Gasteiger partial charge in [0.25, 0.3) is 0 Å². The van der Waals surface area contributed by atoms with E-state index in [4.69, 9.17) is 0 Å². The minimum Gasteiger partial charge on any atom is -0.339 e. The molecule has 3 unspecified atom stereocenters. The molecule has 20 heavy (non-hydrogen) atoms. The Balaban J connectivity index is 1.60. The highest BCUT2D eigenvalue weighted by Crippen LogP contribution is 2.33. The summed E-state index contributed by atoms with van der Waals surface area (Å²) in [6, 6.07) is 0.609. The molecule has 110 valence electrons. The summed E-state index contributed by atoms with van der Waals surface area (Å²) in [5.41, 5.74) is 2.90. The first-order valence-electron chi connectivity index (χ1n) is 7.55. The predicted octanol–water partition coefficient (Wildman–Crippen LogP) is 2.33. The molecule has 1 saturated carbocycles. The van der Waals surface area contributed by atoms with Gasteiger partial charge in [-0.05, 0) is 32.1 Å². The summed E-state index contributed by atoms with van der Waals surface area (Å²) in [6.07, 6.45) is 6.20. The number of thiazole rings is 1. The van der Waals surface area contributed by atoms with Gasteiger partial charge in [0.05, 0.1) is 23.8 Å². The molecule has 2 heterocycles. The normalized spacial score (nSPS) is 29.2. The molecule has 3 rings (SSSR count). The first-order chi connectivity index (χ1) is 9.65. The Bertz CT molecular complexity index is 473. The summed E-state index contributed by atoms with van der Waals surface area (Å²) in [5.74, 6) is 0.962. The molecule has 0 spiro atoms. The summed E-state index contributed by atoms with van der Waals surface area (Å²) < 4.78 is 0. The molecule has 3 atom stereocenters. The number of nitrogens with zero attached hydrogens (tertiary/aromatic N) is 2. The van der Waals surface area contributed by atoms with Gasteiger partial charge in [-0.1, -0.05) is 12.8 Å². The van der Waals surface area contributed by atoms with Gasteiger partial charge in [0.2, 0.25) is 5.91 Å². The molecule has 1 saturated heterocycles. The zero-order valence-electron chi connectivity index (χ0n) is 12.3. The number of amides is 1. The zero-order chi connectivity index (χ0) is 14.1. The van der Waals surface area contributed by atoms with Crippen LogP contribution in [-0.2, 0) is 11.3 Å². The van der Waals surface area contributed by atoms with Crippen molar-refractivity contribution in [3.8, 4) is 0 Å². The summed E-state index contributed by atoms with van der Waals surface area (Å²) in [6.45, 7) is 2.69. The van der Waals surface area contributed by atoms with E-state index < -0.39 is 0 Å².